The number of rotatable bonds is 5. The molecule has 1 aliphatic rings. The van der Waals surface area contributed by atoms with Gasteiger partial charge in [-0.3, -0.25) is 0 Å². The first-order valence-electron chi connectivity index (χ1n) is 10.4. The molecule has 0 saturated carbocycles. The molecule has 1 N–H and O–H groups in total. The van der Waals surface area contributed by atoms with Crippen LogP contribution in [0.1, 0.15) is 23.7 Å². The van der Waals surface area contributed by atoms with Gasteiger partial charge in [-0.1, -0.05) is 53.7 Å². The van der Waals surface area contributed by atoms with Crippen molar-refractivity contribution in [3.63, 3.8) is 0 Å². The summed E-state index contributed by atoms with van der Waals surface area (Å²) in [5.74, 6) is -2.76. The van der Waals surface area contributed by atoms with E-state index >= 15 is 0 Å². The van der Waals surface area contributed by atoms with Gasteiger partial charge in [-0.2, -0.15) is 4.98 Å². The molecule has 1 atom stereocenters. The summed E-state index contributed by atoms with van der Waals surface area (Å²) in [5, 5.41) is 21.3. The number of hydrogen-bond donors (Lipinski definition) is 1. The summed E-state index contributed by atoms with van der Waals surface area (Å²) in [6.07, 6.45) is 3.81. The molecule has 0 aliphatic heterocycles. The van der Waals surface area contributed by atoms with Crippen molar-refractivity contribution in [1.29, 1.82) is 0 Å². The third kappa shape index (κ3) is 3.68. The molecule has 2 aromatic carbocycles. The molecule has 1 unspecified atom stereocenters. The number of hydrogen-bond acceptors (Lipinski definition) is 6. The number of aromatic nitrogens is 5. The average molecular weight is 461 g/mol. The molecule has 0 spiro atoms. The maximum Gasteiger partial charge on any atom is 0.335 e. The molecule has 0 radical (unpaired) electrons. The number of halogens is 2. The van der Waals surface area contributed by atoms with Gasteiger partial charge >= 0.3 is 5.97 Å². The Balaban J connectivity index is 1.64. The highest BCUT2D eigenvalue weighted by Gasteiger charge is 2.28. The van der Waals surface area contributed by atoms with Gasteiger partial charge in [0.2, 0.25) is 5.82 Å². The Morgan fingerprint density at radius 1 is 1.18 bits per heavy atom. The maximum atomic E-state index is 14.8. The Hall–Kier alpha value is -4.47. The van der Waals surface area contributed by atoms with Crippen molar-refractivity contribution in [2.45, 2.75) is 13.3 Å². The van der Waals surface area contributed by atoms with Crippen molar-refractivity contribution in [2.24, 2.45) is 5.92 Å². The summed E-state index contributed by atoms with van der Waals surface area (Å²) in [5.41, 5.74) is 1.47. The van der Waals surface area contributed by atoms with E-state index in [0.29, 0.717) is 23.4 Å². The molecule has 8 nitrogen and oxygen atoms in total. The molecule has 0 amide bonds. The van der Waals surface area contributed by atoms with E-state index in [9.17, 15) is 13.6 Å². The fourth-order valence-corrected chi connectivity index (χ4v) is 3.83. The van der Waals surface area contributed by atoms with E-state index in [4.69, 9.17) is 9.63 Å². The van der Waals surface area contributed by atoms with E-state index in [1.165, 1.54) is 22.9 Å². The molecule has 170 valence electrons. The highest BCUT2D eigenvalue weighted by atomic mass is 19.1. The molecule has 34 heavy (non-hydrogen) atoms. The summed E-state index contributed by atoms with van der Waals surface area (Å²) in [6, 6.07) is 12.5. The molecule has 0 fully saturated rings. The monoisotopic (exact) mass is 461 g/mol. The molecule has 2 aromatic heterocycles. The van der Waals surface area contributed by atoms with Gasteiger partial charge in [-0.25, -0.2) is 18.3 Å². The van der Waals surface area contributed by atoms with E-state index in [0.717, 1.165) is 6.07 Å². The van der Waals surface area contributed by atoms with E-state index in [2.05, 4.69) is 20.5 Å². The lowest BCUT2D eigenvalue weighted by atomic mass is 9.97. The zero-order chi connectivity index (χ0) is 23.8. The van der Waals surface area contributed by atoms with Crippen LogP contribution in [0.25, 0.3) is 39.9 Å². The second kappa shape index (κ2) is 8.47. The smallest absolute Gasteiger partial charge is 0.335 e. The molecule has 2 heterocycles. The number of carboxylic acid groups (broad SMARTS) is 1. The highest BCUT2D eigenvalue weighted by Crippen LogP contribution is 2.37. The van der Waals surface area contributed by atoms with Crippen LogP contribution in [0.3, 0.4) is 0 Å². The lowest BCUT2D eigenvalue weighted by molar-refractivity contribution is 0.0696. The van der Waals surface area contributed by atoms with E-state index < -0.39 is 17.6 Å². The summed E-state index contributed by atoms with van der Waals surface area (Å²) in [4.78, 5) is 15.3. The molecule has 5 rings (SSSR count). The molecule has 10 heteroatoms. The number of aromatic carboxylic acids is 1. The van der Waals surface area contributed by atoms with Crippen molar-refractivity contribution in [1.82, 2.24) is 25.1 Å². The van der Waals surface area contributed by atoms with E-state index in [1.54, 1.807) is 6.08 Å². The van der Waals surface area contributed by atoms with Gasteiger partial charge in [-0.15, -0.1) is 5.10 Å². The maximum absolute atomic E-state index is 14.8. The fourth-order valence-electron chi connectivity index (χ4n) is 3.83. The average Bonchev–Trinajstić information content (AvgIpc) is 3.47. The summed E-state index contributed by atoms with van der Waals surface area (Å²) >= 11 is 0. The Kier molecular flexibility index (Phi) is 5.33. The fraction of sp³-hybridized carbons (Fsp3) is 0.125. The van der Waals surface area contributed by atoms with Gasteiger partial charge in [0.1, 0.15) is 17.3 Å². The summed E-state index contributed by atoms with van der Waals surface area (Å²) < 4.78 is 36.1. The zero-order valence-corrected chi connectivity index (χ0v) is 17.8. The lowest BCUT2D eigenvalue weighted by Gasteiger charge is -2.19. The highest BCUT2D eigenvalue weighted by molar-refractivity contribution is 5.88. The molecule has 0 bridgehead atoms. The largest absolute Gasteiger partial charge is 0.478 e. The summed E-state index contributed by atoms with van der Waals surface area (Å²) in [7, 11) is 0. The van der Waals surface area contributed by atoms with Gasteiger partial charge in [0.05, 0.1) is 16.8 Å². The van der Waals surface area contributed by atoms with Crippen LogP contribution < -0.4 is 0 Å². The van der Waals surface area contributed by atoms with Crippen LogP contribution >= 0.6 is 0 Å². The number of nitrogens with zero attached hydrogens (tertiary/aromatic N) is 5. The number of carbonyl (C=O) groups is 1. The van der Waals surface area contributed by atoms with Crippen LogP contribution in [0.15, 0.2) is 71.0 Å². The molecule has 0 saturated heterocycles. The predicted molar refractivity (Wildman–Crippen MR) is 118 cm³/mol. The Morgan fingerprint density at radius 3 is 2.68 bits per heavy atom. The third-order valence-corrected chi connectivity index (χ3v) is 5.50. The SMILES string of the molecule is CC1CC=CC(F)=C1n1nnc(-c2nc(-c3ccc(C(=O)O)cc3F)no2)c1-c1ccccc1. The van der Waals surface area contributed by atoms with E-state index in [1.807, 2.05) is 37.3 Å². The van der Waals surface area contributed by atoms with Crippen molar-refractivity contribution >= 4 is 11.7 Å². The molecular weight excluding hydrogens is 444 g/mol. The molecule has 1 aliphatic carbocycles. The minimum Gasteiger partial charge on any atom is -0.478 e. The standard InChI is InChI=1S/C24H17F2N5O3/c1-13-6-5-9-17(25)20(13)31-21(14-7-3-2-4-8-14)19(28-30-31)23-27-22(29-34-23)16-11-10-15(24(32)33)12-18(16)26/h2-5,7-13H,6H2,1H3,(H,32,33). The first kappa shape index (κ1) is 21.4. The number of carboxylic acids is 1. The molecular formula is C24H17F2N5O3. The van der Waals surface area contributed by atoms with Gasteiger partial charge in [-0.05, 0) is 30.7 Å². The van der Waals surface area contributed by atoms with Gasteiger partial charge in [0.25, 0.3) is 5.89 Å². The Labute approximate surface area is 191 Å². The second-order valence-electron chi connectivity index (χ2n) is 7.76. The zero-order valence-electron chi connectivity index (χ0n) is 17.8. The van der Waals surface area contributed by atoms with Crippen LogP contribution in [-0.4, -0.2) is 36.2 Å². The van der Waals surface area contributed by atoms with Gasteiger partial charge < -0.3 is 9.63 Å². The Bertz CT molecular complexity index is 1460. The van der Waals surface area contributed by atoms with Crippen LogP contribution in [0.4, 0.5) is 8.78 Å². The van der Waals surface area contributed by atoms with Crippen LogP contribution in [0.2, 0.25) is 0 Å². The van der Waals surface area contributed by atoms with Gasteiger partial charge in [0, 0.05) is 11.5 Å². The second-order valence-corrected chi connectivity index (χ2v) is 7.76. The predicted octanol–water partition coefficient (Wildman–Crippen LogP) is 5.23. The topological polar surface area (TPSA) is 107 Å². The van der Waals surface area contributed by atoms with Crippen LogP contribution in [0, 0.1) is 11.7 Å². The van der Waals surface area contributed by atoms with Crippen molar-refractivity contribution in [2.75, 3.05) is 0 Å². The molecule has 4 aromatic rings. The van der Waals surface area contributed by atoms with Crippen molar-refractivity contribution < 1.29 is 23.2 Å². The third-order valence-electron chi connectivity index (χ3n) is 5.50. The van der Waals surface area contributed by atoms with E-state index in [-0.39, 0.29) is 34.5 Å². The summed E-state index contributed by atoms with van der Waals surface area (Å²) in [6.45, 7) is 1.89. The number of benzene rings is 2. The first-order chi connectivity index (χ1) is 16.4. The van der Waals surface area contributed by atoms with Crippen LogP contribution in [-0.2, 0) is 0 Å². The van der Waals surface area contributed by atoms with Crippen molar-refractivity contribution in [3.8, 4) is 34.2 Å². The van der Waals surface area contributed by atoms with Crippen LogP contribution in [0.5, 0.6) is 0 Å². The van der Waals surface area contributed by atoms with Crippen molar-refractivity contribution in [3.05, 3.63) is 77.9 Å². The Morgan fingerprint density at radius 2 is 1.97 bits per heavy atom. The quantitative estimate of drug-likeness (QED) is 0.433. The minimum atomic E-state index is -1.25. The van der Waals surface area contributed by atoms with Gasteiger partial charge in [0.15, 0.2) is 5.69 Å². The minimum absolute atomic E-state index is 0.0338. The normalized spacial score (nSPS) is 15.7. The lowest BCUT2D eigenvalue weighted by Crippen LogP contribution is -2.13. The number of allylic oxidation sites excluding steroid dienone is 4. The first-order valence-corrected chi connectivity index (χ1v) is 10.4.